The Bertz CT molecular complexity index is 254. The molecular weight excluding hydrogens is 188 g/mol. The highest BCUT2D eigenvalue weighted by molar-refractivity contribution is 5.20. The van der Waals surface area contributed by atoms with E-state index in [1.165, 1.54) is 5.56 Å². The maximum absolute atomic E-state index is 5.49. The van der Waals surface area contributed by atoms with Gasteiger partial charge in [-0.15, -0.1) is 0 Å². The van der Waals surface area contributed by atoms with Crippen LogP contribution in [0.25, 0.3) is 0 Å². The Morgan fingerprint density at radius 1 is 1.13 bits per heavy atom. The molecule has 84 valence electrons. The molecule has 0 amide bonds. The fraction of sp³-hybridized carbons (Fsp3) is 0.538. The summed E-state index contributed by atoms with van der Waals surface area (Å²) in [6.07, 6.45) is 1.23. The van der Waals surface area contributed by atoms with Crippen molar-refractivity contribution in [1.82, 2.24) is 0 Å². The zero-order valence-electron chi connectivity index (χ0n) is 9.77. The SMILES string of the molecule is CCC(OC)C(COC)c1ccccc1. The van der Waals surface area contributed by atoms with Crippen LogP contribution in [0.1, 0.15) is 24.8 Å². The number of methoxy groups -OCH3 is 2. The Hall–Kier alpha value is -0.860. The average Bonchev–Trinajstić information content (AvgIpc) is 2.30. The van der Waals surface area contributed by atoms with Crippen LogP contribution in [0, 0.1) is 0 Å². The van der Waals surface area contributed by atoms with Crippen molar-refractivity contribution in [1.29, 1.82) is 0 Å². The molecule has 0 aliphatic rings. The third kappa shape index (κ3) is 3.33. The Kier molecular flexibility index (Phi) is 5.37. The molecule has 2 nitrogen and oxygen atoms in total. The third-order valence-corrected chi connectivity index (χ3v) is 2.73. The first-order chi connectivity index (χ1) is 7.33. The molecule has 0 fully saturated rings. The predicted octanol–water partition coefficient (Wildman–Crippen LogP) is 2.84. The van der Waals surface area contributed by atoms with Crippen LogP contribution in [0.3, 0.4) is 0 Å². The predicted molar refractivity (Wildman–Crippen MR) is 62.1 cm³/mol. The van der Waals surface area contributed by atoms with Gasteiger partial charge in [-0.1, -0.05) is 37.3 Å². The summed E-state index contributed by atoms with van der Waals surface area (Å²) in [5.41, 5.74) is 1.29. The van der Waals surface area contributed by atoms with Crippen LogP contribution in [-0.2, 0) is 9.47 Å². The minimum atomic E-state index is 0.229. The average molecular weight is 208 g/mol. The second kappa shape index (κ2) is 6.59. The van der Waals surface area contributed by atoms with E-state index in [0.717, 1.165) is 6.42 Å². The zero-order valence-corrected chi connectivity index (χ0v) is 9.77. The first-order valence-corrected chi connectivity index (χ1v) is 5.40. The summed E-state index contributed by atoms with van der Waals surface area (Å²) in [5.74, 6) is 0.325. The lowest BCUT2D eigenvalue weighted by atomic mass is 9.92. The van der Waals surface area contributed by atoms with Gasteiger partial charge in [-0.25, -0.2) is 0 Å². The fourth-order valence-corrected chi connectivity index (χ4v) is 1.91. The molecule has 0 N–H and O–H groups in total. The Labute approximate surface area is 92.2 Å². The number of rotatable bonds is 6. The van der Waals surface area contributed by atoms with Crippen LogP contribution < -0.4 is 0 Å². The van der Waals surface area contributed by atoms with Gasteiger partial charge in [-0.05, 0) is 12.0 Å². The van der Waals surface area contributed by atoms with Gasteiger partial charge in [0, 0.05) is 20.1 Å². The lowest BCUT2D eigenvalue weighted by Gasteiger charge is -2.24. The number of ether oxygens (including phenoxy) is 2. The lowest BCUT2D eigenvalue weighted by Crippen LogP contribution is -2.24. The standard InChI is InChI=1S/C13H20O2/c1-4-13(15-3)12(10-14-2)11-8-6-5-7-9-11/h5-9,12-13H,4,10H2,1-3H3. The number of benzene rings is 1. The number of hydrogen-bond acceptors (Lipinski definition) is 2. The van der Waals surface area contributed by atoms with E-state index in [1.54, 1.807) is 14.2 Å². The second-order valence-electron chi connectivity index (χ2n) is 3.65. The largest absolute Gasteiger partial charge is 0.384 e. The van der Waals surface area contributed by atoms with Gasteiger partial charge >= 0.3 is 0 Å². The molecule has 1 aromatic rings. The summed E-state index contributed by atoms with van der Waals surface area (Å²) in [4.78, 5) is 0. The molecule has 0 aliphatic carbocycles. The second-order valence-corrected chi connectivity index (χ2v) is 3.65. The lowest BCUT2D eigenvalue weighted by molar-refractivity contribution is 0.0434. The van der Waals surface area contributed by atoms with Crippen LogP contribution in [0.2, 0.25) is 0 Å². The van der Waals surface area contributed by atoms with E-state index in [1.807, 2.05) is 6.07 Å². The van der Waals surface area contributed by atoms with Gasteiger partial charge in [-0.3, -0.25) is 0 Å². The van der Waals surface area contributed by atoms with E-state index in [2.05, 4.69) is 31.2 Å². The van der Waals surface area contributed by atoms with E-state index in [9.17, 15) is 0 Å². The monoisotopic (exact) mass is 208 g/mol. The molecule has 0 saturated carbocycles. The molecule has 0 aromatic heterocycles. The van der Waals surface area contributed by atoms with Crippen LogP contribution in [0.15, 0.2) is 30.3 Å². The first kappa shape index (κ1) is 12.2. The molecule has 2 atom stereocenters. The Morgan fingerprint density at radius 2 is 1.80 bits per heavy atom. The number of hydrogen-bond donors (Lipinski definition) is 0. The molecule has 1 aromatic carbocycles. The molecule has 2 heteroatoms. The highest BCUT2D eigenvalue weighted by atomic mass is 16.5. The van der Waals surface area contributed by atoms with Gasteiger partial charge in [0.25, 0.3) is 0 Å². The normalized spacial score (nSPS) is 14.9. The smallest absolute Gasteiger partial charge is 0.0659 e. The van der Waals surface area contributed by atoms with Gasteiger partial charge in [0.2, 0.25) is 0 Å². The summed E-state index contributed by atoms with van der Waals surface area (Å²) < 4.78 is 10.8. The van der Waals surface area contributed by atoms with E-state index in [4.69, 9.17) is 9.47 Å². The molecule has 0 heterocycles. The topological polar surface area (TPSA) is 18.5 Å². The van der Waals surface area contributed by atoms with Crippen LogP contribution in [0.5, 0.6) is 0 Å². The van der Waals surface area contributed by atoms with Crippen molar-refractivity contribution in [3.05, 3.63) is 35.9 Å². The van der Waals surface area contributed by atoms with Crippen molar-refractivity contribution in [2.45, 2.75) is 25.4 Å². The van der Waals surface area contributed by atoms with Crippen molar-refractivity contribution in [2.24, 2.45) is 0 Å². The van der Waals surface area contributed by atoms with E-state index >= 15 is 0 Å². The van der Waals surface area contributed by atoms with Crippen molar-refractivity contribution in [3.8, 4) is 0 Å². The minimum Gasteiger partial charge on any atom is -0.384 e. The zero-order chi connectivity index (χ0) is 11.1. The summed E-state index contributed by atoms with van der Waals surface area (Å²) in [6, 6.07) is 10.4. The summed E-state index contributed by atoms with van der Waals surface area (Å²) >= 11 is 0. The van der Waals surface area contributed by atoms with Gasteiger partial charge in [-0.2, -0.15) is 0 Å². The van der Waals surface area contributed by atoms with Crippen molar-refractivity contribution in [3.63, 3.8) is 0 Å². The Morgan fingerprint density at radius 3 is 2.27 bits per heavy atom. The molecule has 2 unspecified atom stereocenters. The van der Waals surface area contributed by atoms with Crippen LogP contribution >= 0.6 is 0 Å². The van der Waals surface area contributed by atoms with Gasteiger partial charge in [0.15, 0.2) is 0 Å². The minimum absolute atomic E-state index is 0.229. The molecule has 0 spiro atoms. The maximum Gasteiger partial charge on any atom is 0.0659 e. The quantitative estimate of drug-likeness (QED) is 0.715. The highest BCUT2D eigenvalue weighted by Gasteiger charge is 2.21. The van der Waals surface area contributed by atoms with Crippen molar-refractivity contribution < 1.29 is 9.47 Å². The van der Waals surface area contributed by atoms with E-state index in [0.29, 0.717) is 12.5 Å². The van der Waals surface area contributed by atoms with E-state index < -0.39 is 0 Å². The van der Waals surface area contributed by atoms with Crippen molar-refractivity contribution in [2.75, 3.05) is 20.8 Å². The van der Waals surface area contributed by atoms with Gasteiger partial charge in [0.05, 0.1) is 12.7 Å². The first-order valence-electron chi connectivity index (χ1n) is 5.40. The summed E-state index contributed by atoms with van der Waals surface area (Å²) in [6.45, 7) is 2.84. The van der Waals surface area contributed by atoms with Gasteiger partial charge in [0.1, 0.15) is 0 Å². The van der Waals surface area contributed by atoms with Crippen molar-refractivity contribution >= 4 is 0 Å². The molecular formula is C13H20O2. The summed E-state index contributed by atoms with van der Waals surface area (Å²) in [7, 11) is 3.50. The molecule has 0 bridgehead atoms. The molecule has 1 rings (SSSR count). The fourth-order valence-electron chi connectivity index (χ4n) is 1.91. The van der Waals surface area contributed by atoms with Crippen LogP contribution in [0.4, 0.5) is 0 Å². The third-order valence-electron chi connectivity index (χ3n) is 2.73. The highest BCUT2D eigenvalue weighted by Crippen LogP contribution is 2.23. The van der Waals surface area contributed by atoms with E-state index in [-0.39, 0.29) is 6.10 Å². The Balaban J connectivity index is 2.81. The molecule has 0 aliphatic heterocycles. The molecule has 0 saturated heterocycles. The van der Waals surface area contributed by atoms with Gasteiger partial charge < -0.3 is 9.47 Å². The maximum atomic E-state index is 5.49. The van der Waals surface area contributed by atoms with Crippen LogP contribution in [-0.4, -0.2) is 26.9 Å². The molecule has 0 radical (unpaired) electrons. The summed E-state index contributed by atoms with van der Waals surface area (Å²) in [5, 5.41) is 0. The molecule has 15 heavy (non-hydrogen) atoms.